The molecular weight excluding hydrogens is 388 g/mol. The number of hydrogen-bond acceptors (Lipinski definition) is 4. The van der Waals surface area contributed by atoms with E-state index in [4.69, 9.17) is 17.0 Å². The van der Waals surface area contributed by atoms with Gasteiger partial charge in [-0.05, 0) is 37.2 Å². The SMILES string of the molecule is CCCCCCCCNC(=S)Nc1sc(-c2ccccc2)cc1C(=O)OCC. The van der Waals surface area contributed by atoms with Crippen LogP contribution in [-0.4, -0.2) is 24.2 Å². The number of carbonyl (C=O) groups excluding carboxylic acids is 1. The molecular formula is C22H30N2O2S2. The van der Waals surface area contributed by atoms with Gasteiger partial charge in [-0.1, -0.05) is 69.4 Å². The highest BCUT2D eigenvalue weighted by Gasteiger charge is 2.18. The summed E-state index contributed by atoms with van der Waals surface area (Å²) in [5.41, 5.74) is 1.59. The lowest BCUT2D eigenvalue weighted by Crippen LogP contribution is -2.29. The summed E-state index contributed by atoms with van der Waals surface area (Å²) in [7, 11) is 0. The summed E-state index contributed by atoms with van der Waals surface area (Å²) in [6, 6.07) is 11.9. The van der Waals surface area contributed by atoms with E-state index in [1.807, 2.05) is 43.3 Å². The number of rotatable bonds is 11. The van der Waals surface area contributed by atoms with Crippen LogP contribution in [0.15, 0.2) is 36.4 Å². The van der Waals surface area contributed by atoms with Crippen LogP contribution in [0.2, 0.25) is 0 Å². The van der Waals surface area contributed by atoms with Crippen molar-refractivity contribution in [3.05, 3.63) is 42.0 Å². The van der Waals surface area contributed by atoms with Gasteiger partial charge in [-0.15, -0.1) is 11.3 Å². The van der Waals surface area contributed by atoms with Crippen molar-refractivity contribution >= 4 is 39.6 Å². The van der Waals surface area contributed by atoms with Crippen molar-refractivity contribution in [2.45, 2.75) is 52.4 Å². The Morgan fingerprint density at radius 1 is 1.07 bits per heavy atom. The number of esters is 1. The molecule has 6 heteroatoms. The van der Waals surface area contributed by atoms with Gasteiger partial charge in [0.15, 0.2) is 5.11 Å². The number of anilines is 1. The van der Waals surface area contributed by atoms with Crippen molar-refractivity contribution in [2.75, 3.05) is 18.5 Å². The minimum atomic E-state index is -0.331. The van der Waals surface area contributed by atoms with Crippen LogP contribution in [0.1, 0.15) is 62.7 Å². The van der Waals surface area contributed by atoms with Crippen LogP contribution in [0.5, 0.6) is 0 Å². The first-order chi connectivity index (χ1) is 13.7. The lowest BCUT2D eigenvalue weighted by Gasteiger charge is -2.10. The number of carbonyl (C=O) groups is 1. The van der Waals surface area contributed by atoms with E-state index in [0.29, 0.717) is 17.3 Å². The molecule has 1 aromatic heterocycles. The number of ether oxygens (including phenoxy) is 1. The smallest absolute Gasteiger partial charge is 0.341 e. The van der Waals surface area contributed by atoms with Gasteiger partial charge in [0.2, 0.25) is 0 Å². The summed E-state index contributed by atoms with van der Waals surface area (Å²) in [4.78, 5) is 13.4. The Hall–Kier alpha value is -1.92. The van der Waals surface area contributed by atoms with E-state index >= 15 is 0 Å². The Kier molecular flexibility index (Phi) is 10.0. The van der Waals surface area contributed by atoms with Crippen molar-refractivity contribution in [1.29, 1.82) is 0 Å². The summed E-state index contributed by atoms with van der Waals surface area (Å²) < 4.78 is 5.21. The molecule has 4 nitrogen and oxygen atoms in total. The molecule has 0 saturated carbocycles. The van der Waals surface area contributed by atoms with E-state index in [2.05, 4.69) is 17.6 Å². The van der Waals surface area contributed by atoms with Crippen LogP contribution in [-0.2, 0) is 4.74 Å². The predicted octanol–water partition coefficient (Wildman–Crippen LogP) is 6.24. The third kappa shape index (κ3) is 7.24. The number of thiocarbonyl (C=S) groups is 1. The van der Waals surface area contributed by atoms with Gasteiger partial charge in [-0.25, -0.2) is 4.79 Å². The molecule has 1 heterocycles. The van der Waals surface area contributed by atoms with Crippen LogP contribution in [0.3, 0.4) is 0 Å². The minimum Gasteiger partial charge on any atom is -0.462 e. The van der Waals surface area contributed by atoms with Crippen LogP contribution in [0, 0.1) is 0 Å². The first-order valence-corrected chi connectivity index (χ1v) is 11.3. The maximum Gasteiger partial charge on any atom is 0.341 e. The van der Waals surface area contributed by atoms with Gasteiger partial charge in [0, 0.05) is 11.4 Å². The van der Waals surface area contributed by atoms with Crippen molar-refractivity contribution < 1.29 is 9.53 Å². The second-order valence-electron chi connectivity index (χ2n) is 6.59. The van der Waals surface area contributed by atoms with Crippen molar-refractivity contribution in [1.82, 2.24) is 5.32 Å². The molecule has 2 aromatic rings. The fourth-order valence-corrected chi connectivity index (χ4v) is 4.17. The first-order valence-electron chi connectivity index (χ1n) is 10.1. The average Bonchev–Trinajstić information content (AvgIpc) is 3.12. The van der Waals surface area contributed by atoms with E-state index in [-0.39, 0.29) is 5.97 Å². The highest BCUT2D eigenvalue weighted by molar-refractivity contribution is 7.80. The zero-order valence-corrected chi connectivity index (χ0v) is 18.4. The zero-order chi connectivity index (χ0) is 20.2. The zero-order valence-electron chi connectivity index (χ0n) is 16.8. The normalized spacial score (nSPS) is 10.5. The molecule has 0 atom stereocenters. The fourth-order valence-electron chi connectivity index (χ4n) is 2.84. The van der Waals surface area contributed by atoms with Crippen LogP contribution in [0.4, 0.5) is 5.00 Å². The number of nitrogens with one attached hydrogen (secondary N) is 2. The first kappa shape index (κ1) is 22.4. The van der Waals surface area contributed by atoms with Gasteiger partial charge in [-0.2, -0.15) is 0 Å². The van der Waals surface area contributed by atoms with E-state index in [9.17, 15) is 4.79 Å². The number of hydrogen-bond donors (Lipinski definition) is 2. The number of thiophene rings is 1. The monoisotopic (exact) mass is 418 g/mol. The molecule has 0 aliphatic rings. The van der Waals surface area contributed by atoms with Gasteiger partial charge in [0.1, 0.15) is 5.00 Å². The number of unbranched alkanes of at least 4 members (excludes halogenated alkanes) is 5. The molecule has 2 N–H and O–H groups in total. The van der Waals surface area contributed by atoms with Crippen molar-refractivity contribution in [3.63, 3.8) is 0 Å². The van der Waals surface area contributed by atoms with E-state index in [0.717, 1.165) is 28.4 Å². The third-order valence-electron chi connectivity index (χ3n) is 4.33. The highest BCUT2D eigenvalue weighted by Crippen LogP contribution is 2.35. The van der Waals surface area contributed by atoms with E-state index in [1.165, 1.54) is 43.4 Å². The topological polar surface area (TPSA) is 50.4 Å². The van der Waals surface area contributed by atoms with Crippen LogP contribution < -0.4 is 10.6 Å². The standard InChI is InChI=1S/C22H30N2O2S2/c1-3-5-6-7-8-12-15-23-22(27)24-20-18(21(25)26-4-2)16-19(28-20)17-13-10-9-11-14-17/h9-11,13-14,16H,3-8,12,15H2,1-2H3,(H2,23,24,27). The molecule has 1 aromatic carbocycles. The highest BCUT2D eigenvalue weighted by atomic mass is 32.1. The molecule has 0 amide bonds. The minimum absolute atomic E-state index is 0.331. The van der Waals surface area contributed by atoms with Gasteiger partial charge in [0.05, 0.1) is 12.2 Å². The Morgan fingerprint density at radius 3 is 2.50 bits per heavy atom. The van der Waals surface area contributed by atoms with Crippen LogP contribution >= 0.6 is 23.6 Å². The van der Waals surface area contributed by atoms with Crippen molar-refractivity contribution in [3.8, 4) is 10.4 Å². The summed E-state index contributed by atoms with van der Waals surface area (Å²) in [6.07, 6.45) is 7.46. The third-order valence-corrected chi connectivity index (χ3v) is 5.67. The molecule has 0 aliphatic carbocycles. The summed E-state index contributed by atoms with van der Waals surface area (Å²) in [6.45, 7) is 5.21. The molecule has 0 bridgehead atoms. The van der Waals surface area contributed by atoms with E-state index < -0.39 is 0 Å². The predicted molar refractivity (Wildman–Crippen MR) is 123 cm³/mol. The average molecular weight is 419 g/mol. The van der Waals surface area contributed by atoms with Gasteiger partial charge in [-0.3, -0.25) is 0 Å². The molecule has 0 fully saturated rings. The van der Waals surface area contributed by atoms with Crippen LogP contribution in [0.25, 0.3) is 10.4 Å². The molecule has 2 rings (SSSR count). The Balaban J connectivity index is 1.96. The largest absolute Gasteiger partial charge is 0.462 e. The van der Waals surface area contributed by atoms with Gasteiger partial charge in [0.25, 0.3) is 0 Å². The molecule has 0 aliphatic heterocycles. The quantitative estimate of drug-likeness (QED) is 0.257. The van der Waals surface area contributed by atoms with Gasteiger partial charge >= 0.3 is 5.97 Å². The molecule has 152 valence electrons. The lowest BCUT2D eigenvalue weighted by atomic mass is 10.1. The molecule has 28 heavy (non-hydrogen) atoms. The Morgan fingerprint density at radius 2 is 1.79 bits per heavy atom. The molecule has 0 spiro atoms. The summed E-state index contributed by atoms with van der Waals surface area (Å²) in [5.74, 6) is -0.331. The second kappa shape index (κ2) is 12.5. The molecule has 0 unspecified atom stereocenters. The second-order valence-corrected chi connectivity index (χ2v) is 8.05. The summed E-state index contributed by atoms with van der Waals surface area (Å²) >= 11 is 6.93. The number of benzene rings is 1. The Labute approximate surface area is 177 Å². The van der Waals surface area contributed by atoms with Gasteiger partial charge < -0.3 is 15.4 Å². The Bertz CT molecular complexity index is 744. The van der Waals surface area contributed by atoms with Crippen molar-refractivity contribution in [2.24, 2.45) is 0 Å². The maximum absolute atomic E-state index is 12.4. The summed E-state index contributed by atoms with van der Waals surface area (Å²) in [5, 5.41) is 7.70. The maximum atomic E-state index is 12.4. The fraction of sp³-hybridized carbons (Fsp3) is 0.455. The lowest BCUT2D eigenvalue weighted by molar-refractivity contribution is 0.0528. The van der Waals surface area contributed by atoms with E-state index in [1.54, 1.807) is 0 Å². The molecule has 0 radical (unpaired) electrons. The molecule has 0 saturated heterocycles.